The number of rotatable bonds is 3. The average Bonchev–Trinajstić information content (AvgIpc) is 2.84. The third-order valence-corrected chi connectivity index (χ3v) is 4.37. The first-order valence-electron chi connectivity index (χ1n) is 7.28. The van der Waals surface area contributed by atoms with Gasteiger partial charge in [0.05, 0.1) is 11.3 Å². The van der Waals surface area contributed by atoms with Crippen LogP contribution in [0.5, 0.6) is 0 Å². The van der Waals surface area contributed by atoms with Gasteiger partial charge in [-0.05, 0) is 43.7 Å². The zero-order valence-electron chi connectivity index (χ0n) is 13.1. The molecule has 2 aromatic carbocycles. The number of aryl methyl sites for hydroxylation is 2. The lowest BCUT2D eigenvalue weighted by molar-refractivity contribution is 0.0998. The number of carbonyl (C=O) groups excluding carboxylic acids is 2. The number of hydrogen-bond acceptors (Lipinski definition) is 3. The summed E-state index contributed by atoms with van der Waals surface area (Å²) >= 11 is 3.41. The van der Waals surface area contributed by atoms with Gasteiger partial charge in [0.1, 0.15) is 5.58 Å². The Labute approximate surface area is 147 Å². The molecule has 0 saturated heterocycles. The van der Waals surface area contributed by atoms with Gasteiger partial charge < -0.3 is 15.5 Å². The van der Waals surface area contributed by atoms with Gasteiger partial charge in [-0.25, -0.2) is 0 Å². The quantitative estimate of drug-likeness (QED) is 0.708. The van der Waals surface area contributed by atoms with Crippen molar-refractivity contribution in [2.75, 3.05) is 5.32 Å². The summed E-state index contributed by atoms with van der Waals surface area (Å²) in [4.78, 5) is 24.3. The van der Waals surface area contributed by atoms with Crippen molar-refractivity contribution in [2.45, 2.75) is 13.8 Å². The number of primary amides is 1. The molecule has 1 heterocycles. The number of fused-ring (bicyclic) bond motifs is 1. The second-order valence-electron chi connectivity index (χ2n) is 5.51. The Morgan fingerprint density at radius 2 is 1.92 bits per heavy atom. The average molecular weight is 387 g/mol. The highest BCUT2D eigenvalue weighted by molar-refractivity contribution is 9.10. The summed E-state index contributed by atoms with van der Waals surface area (Å²) in [6.45, 7) is 3.58. The van der Waals surface area contributed by atoms with E-state index < -0.39 is 11.8 Å². The normalized spacial score (nSPS) is 10.8. The van der Waals surface area contributed by atoms with Crippen molar-refractivity contribution in [3.05, 3.63) is 63.3 Å². The molecule has 0 aliphatic rings. The van der Waals surface area contributed by atoms with Gasteiger partial charge in [-0.3, -0.25) is 9.59 Å². The van der Waals surface area contributed by atoms with Gasteiger partial charge in [0.25, 0.3) is 11.8 Å². The number of halogens is 1. The molecule has 122 valence electrons. The lowest BCUT2D eigenvalue weighted by Gasteiger charge is -2.10. The molecule has 0 atom stereocenters. The minimum Gasteiger partial charge on any atom is -0.451 e. The molecule has 3 aromatic rings. The summed E-state index contributed by atoms with van der Waals surface area (Å²) in [6.07, 6.45) is 0. The highest BCUT2D eigenvalue weighted by Gasteiger charge is 2.20. The Balaban J connectivity index is 2.01. The van der Waals surface area contributed by atoms with Gasteiger partial charge in [0, 0.05) is 15.4 Å². The Hall–Kier alpha value is -2.60. The first-order valence-corrected chi connectivity index (χ1v) is 8.07. The summed E-state index contributed by atoms with van der Waals surface area (Å²) < 4.78 is 6.57. The van der Waals surface area contributed by atoms with Crippen LogP contribution >= 0.6 is 15.9 Å². The highest BCUT2D eigenvalue weighted by atomic mass is 79.9. The van der Waals surface area contributed by atoms with Crippen LogP contribution in [0.2, 0.25) is 0 Å². The minimum atomic E-state index is -0.589. The molecule has 0 fully saturated rings. The number of nitrogens with one attached hydrogen (secondary N) is 1. The molecule has 0 saturated carbocycles. The van der Waals surface area contributed by atoms with E-state index in [0.717, 1.165) is 15.4 Å². The van der Waals surface area contributed by atoms with Crippen LogP contribution in [-0.4, -0.2) is 11.8 Å². The molecular weight excluding hydrogens is 372 g/mol. The van der Waals surface area contributed by atoms with Crippen LogP contribution in [0, 0.1) is 13.8 Å². The summed E-state index contributed by atoms with van der Waals surface area (Å²) in [5.74, 6) is -0.804. The number of furan rings is 1. The predicted molar refractivity (Wildman–Crippen MR) is 96.3 cm³/mol. The molecule has 0 unspecified atom stereocenters. The van der Waals surface area contributed by atoms with Gasteiger partial charge in [-0.2, -0.15) is 0 Å². The largest absolute Gasteiger partial charge is 0.451 e. The lowest BCUT2D eigenvalue weighted by atomic mass is 10.1. The van der Waals surface area contributed by atoms with Gasteiger partial charge in [0.15, 0.2) is 5.76 Å². The zero-order valence-corrected chi connectivity index (χ0v) is 14.7. The zero-order chi connectivity index (χ0) is 17.4. The molecule has 0 radical (unpaired) electrons. The molecule has 2 amide bonds. The van der Waals surface area contributed by atoms with Crippen LogP contribution in [0.3, 0.4) is 0 Å². The van der Waals surface area contributed by atoms with Crippen molar-refractivity contribution >= 4 is 44.4 Å². The molecule has 3 N–H and O–H groups in total. The number of benzene rings is 2. The van der Waals surface area contributed by atoms with E-state index in [4.69, 9.17) is 10.2 Å². The van der Waals surface area contributed by atoms with Crippen molar-refractivity contribution in [3.63, 3.8) is 0 Å². The maximum atomic E-state index is 12.6. The van der Waals surface area contributed by atoms with Gasteiger partial charge in [-0.1, -0.05) is 28.1 Å². The second-order valence-corrected chi connectivity index (χ2v) is 6.43. The summed E-state index contributed by atoms with van der Waals surface area (Å²) in [5, 5.41) is 3.58. The first-order chi connectivity index (χ1) is 11.4. The van der Waals surface area contributed by atoms with Crippen LogP contribution in [0.1, 0.15) is 32.0 Å². The molecule has 0 bridgehead atoms. The van der Waals surface area contributed by atoms with E-state index in [2.05, 4.69) is 21.2 Å². The highest BCUT2D eigenvalue weighted by Crippen LogP contribution is 2.29. The number of hydrogen-bond donors (Lipinski definition) is 2. The van der Waals surface area contributed by atoms with Crippen molar-refractivity contribution in [2.24, 2.45) is 5.73 Å². The molecule has 0 aliphatic heterocycles. The van der Waals surface area contributed by atoms with Crippen molar-refractivity contribution < 1.29 is 14.0 Å². The maximum absolute atomic E-state index is 12.6. The number of amides is 2. The standard InChI is InChI=1S/C18H15BrN2O3/c1-9-4-3-5-13(15(9)17(20)22)21-18(23)16-10(2)12-8-11(19)6-7-14(12)24-16/h3-8H,1-2H3,(H2,20,22)(H,21,23). The molecule has 1 aromatic heterocycles. The van der Waals surface area contributed by atoms with E-state index in [1.165, 1.54) is 0 Å². The summed E-state index contributed by atoms with van der Waals surface area (Å²) in [5.41, 5.74) is 8.14. The van der Waals surface area contributed by atoms with E-state index in [9.17, 15) is 9.59 Å². The Morgan fingerprint density at radius 1 is 1.17 bits per heavy atom. The number of anilines is 1. The fourth-order valence-electron chi connectivity index (χ4n) is 2.69. The molecule has 0 aliphatic carbocycles. The monoisotopic (exact) mass is 386 g/mol. The van der Waals surface area contributed by atoms with Gasteiger partial charge >= 0.3 is 0 Å². The minimum absolute atomic E-state index is 0.208. The fraction of sp³-hybridized carbons (Fsp3) is 0.111. The van der Waals surface area contributed by atoms with E-state index in [1.807, 2.05) is 19.1 Å². The van der Waals surface area contributed by atoms with Crippen LogP contribution in [0.4, 0.5) is 5.69 Å². The topological polar surface area (TPSA) is 85.3 Å². The Morgan fingerprint density at radius 3 is 2.62 bits per heavy atom. The molecular formula is C18H15BrN2O3. The van der Waals surface area contributed by atoms with Crippen LogP contribution in [-0.2, 0) is 0 Å². The van der Waals surface area contributed by atoms with Crippen LogP contribution in [0.25, 0.3) is 11.0 Å². The lowest BCUT2D eigenvalue weighted by Crippen LogP contribution is -2.19. The van der Waals surface area contributed by atoms with Crippen molar-refractivity contribution in [1.82, 2.24) is 0 Å². The summed E-state index contributed by atoms with van der Waals surface area (Å²) in [7, 11) is 0. The van der Waals surface area contributed by atoms with Crippen molar-refractivity contribution in [1.29, 1.82) is 0 Å². The SMILES string of the molecule is Cc1cccc(NC(=O)c2oc3ccc(Br)cc3c2C)c1C(N)=O. The molecule has 3 rings (SSSR count). The summed E-state index contributed by atoms with van der Waals surface area (Å²) in [6, 6.07) is 10.7. The smallest absolute Gasteiger partial charge is 0.291 e. The molecule has 5 nitrogen and oxygen atoms in total. The Kier molecular flexibility index (Phi) is 4.15. The van der Waals surface area contributed by atoms with E-state index in [-0.39, 0.29) is 5.76 Å². The van der Waals surface area contributed by atoms with Gasteiger partial charge in [0.2, 0.25) is 0 Å². The number of nitrogens with two attached hydrogens (primary N) is 1. The molecule has 24 heavy (non-hydrogen) atoms. The molecule has 6 heteroatoms. The molecule has 0 spiro atoms. The number of carbonyl (C=O) groups is 2. The maximum Gasteiger partial charge on any atom is 0.291 e. The third kappa shape index (κ3) is 2.80. The Bertz CT molecular complexity index is 976. The second kappa shape index (κ2) is 6.13. The fourth-order valence-corrected chi connectivity index (χ4v) is 3.05. The van der Waals surface area contributed by atoms with Crippen LogP contribution < -0.4 is 11.1 Å². The van der Waals surface area contributed by atoms with Crippen molar-refractivity contribution in [3.8, 4) is 0 Å². The third-order valence-electron chi connectivity index (χ3n) is 3.87. The van der Waals surface area contributed by atoms with E-state index in [0.29, 0.717) is 22.4 Å². The van der Waals surface area contributed by atoms with Gasteiger partial charge in [-0.15, -0.1) is 0 Å². The first kappa shape index (κ1) is 16.3. The predicted octanol–water partition coefficient (Wildman–Crippen LogP) is 4.16. The van der Waals surface area contributed by atoms with Crippen LogP contribution in [0.15, 0.2) is 45.3 Å². The van der Waals surface area contributed by atoms with E-state index in [1.54, 1.807) is 31.2 Å². The van der Waals surface area contributed by atoms with E-state index >= 15 is 0 Å².